The van der Waals surface area contributed by atoms with Gasteiger partial charge in [0.25, 0.3) is 0 Å². The molecular formula is C21H18N4O2S. The zero-order valence-electron chi connectivity index (χ0n) is 15.3. The Hall–Kier alpha value is -3.37. The average molecular weight is 390 g/mol. The molecule has 0 saturated carbocycles. The Kier molecular flexibility index (Phi) is 6.60. The van der Waals surface area contributed by atoms with E-state index in [1.807, 2.05) is 54.6 Å². The highest BCUT2D eigenvalue weighted by Gasteiger charge is 2.06. The Morgan fingerprint density at radius 1 is 1.21 bits per heavy atom. The first-order valence-electron chi connectivity index (χ1n) is 8.56. The van der Waals surface area contributed by atoms with E-state index in [9.17, 15) is 4.79 Å². The zero-order valence-corrected chi connectivity index (χ0v) is 16.1. The number of rotatable bonds is 7. The Bertz CT molecular complexity index is 1020. The lowest BCUT2D eigenvalue weighted by molar-refractivity contribution is -0.115. The molecule has 0 aliphatic heterocycles. The van der Waals surface area contributed by atoms with E-state index in [0.717, 1.165) is 21.2 Å². The summed E-state index contributed by atoms with van der Waals surface area (Å²) < 4.78 is 5.26. The van der Waals surface area contributed by atoms with E-state index in [0.29, 0.717) is 17.9 Å². The maximum absolute atomic E-state index is 11.6. The van der Waals surface area contributed by atoms with Crippen LogP contribution in [0.3, 0.4) is 0 Å². The number of hydrogen-bond donors (Lipinski definition) is 1. The molecule has 3 aromatic rings. The van der Waals surface area contributed by atoms with Crippen molar-refractivity contribution < 1.29 is 9.53 Å². The summed E-state index contributed by atoms with van der Waals surface area (Å²) in [5.74, 6) is 1.16. The van der Waals surface area contributed by atoms with Crippen LogP contribution in [0, 0.1) is 11.3 Å². The second-order valence-corrected chi connectivity index (χ2v) is 6.95. The molecule has 1 N–H and O–H groups in total. The van der Waals surface area contributed by atoms with Crippen LogP contribution in [0.25, 0.3) is 0 Å². The van der Waals surface area contributed by atoms with Crippen LogP contribution < -0.4 is 10.1 Å². The predicted molar refractivity (Wildman–Crippen MR) is 107 cm³/mol. The van der Waals surface area contributed by atoms with Gasteiger partial charge in [-0.15, -0.1) is 0 Å². The van der Waals surface area contributed by atoms with Crippen molar-refractivity contribution in [3.05, 3.63) is 72.2 Å². The van der Waals surface area contributed by atoms with Gasteiger partial charge >= 0.3 is 0 Å². The molecule has 0 aliphatic rings. The summed E-state index contributed by atoms with van der Waals surface area (Å²) in [5, 5.41) is 12.1. The molecule has 0 fully saturated rings. The molecule has 28 heavy (non-hydrogen) atoms. The smallest absolute Gasteiger partial charge is 0.238 e. The molecule has 1 amide bonds. The summed E-state index contributed by atoms with van der Waals surface area (Å²) in [6.07, 6.45) is 2.11. The summed E-state index contributed by atoms with van der Waals surface area (Å²) in [5.41, 5.74) is 1.62. The fourth-order valence-electron chi connectivity index (χ4n) is 2.53. The van der Waals surface area contributed by atoms with Gasteiger partial charge in [0.1, 0.15) is 23.0 Å². The van der Waals surface area contributed by atoms with Crippen LogP contribution in [0.4, 0.5) is 5.69 Å². The second-order valence-electron chi connectivity index (χ2n) is 5.85. The summed E-state index contributed by atoms with van der Waals surface area (Å²) in [6, 6.07) is 19.0. The Balaban J connectivity index is 1.71. The fourth-order valence-corrected chi connectivity index (χ4v) is 3.37. The van der Waals surface area contributed by atoms with Crippen molar-refractivity contribution in [2.45, 2.75) is 22.8 Å². The average Bonchev–Trinajstić information content (AvgIpc) is 2.69. The standard InChI is InChI=1S/C21H18N4O2S/c1-27-17-6-3-7-18(14-17)28-21-9-11-23-19(25-21)13-15-4-2-5-16(12-15)24-20(26)8-10-22/h2-7,9,11-12,14H,8,13H2,1H3,(H,24,26). The molecule has 0 unspecified atom stereocenters. The van der Waals surface area contributed by atoms with Gasteiger partial charge in [0.05, 0.1) is 13.2 Å². The summed E-state index contributed by atoms with van der Waals surface area (Å²) >= 11 is 1.54. The Morgan fingerprint density at radius 3 is 2.89 bits per heavy atom. The first kappa shape index (κ1) is 19.4. The third kappa shape index (κ3) is 5.56. The fraction of sp³-hybridized carbons (Fsp3) is 0.143. The van der Waals surface area contributed by atoms with Gasteiger partial charge in [-0.2, -0.15) is 5.26 Å². The Morgan fingerprint density at radius 2 is 2.07 bits per heavy atom. The van der Waals surface area contributed by atoms with Crippen LogP contribution in [-0.2, 0) is 11.2 Å². The molecule has 140 valence electrons. The molecular weight excluding hydrogens is 372 g/mol. The van der Waals surface area contributed by atoms with Crippen molar-refractivity contribution >= 4 is 23.4 Å². The third-order valence-corrected chi connectivity index (χ3v) is 4.68. The molecule has 0 spiro atoms. The van der Waals surface area contributed by atoms with E-state index in [1.54, 1.807) is 31.1 Å². The van der Waals surface area contributed by atoms with Gasteiger partial charge in [-0.1, -0.05) is 30.0 Å². The predicted octanol–water partition coefficient (Wildman–Crippen LogP) is 4.08. The van der Waals surface area contributed by atoms with Crippen molar-refractivity contribution in [1.29, 1.82) is 5.26 Å². The van der Waals surface area contributed by atoms with E-state index in [4.69, 9.17) is 10.00 Å². The zero-order chi connectivity index (χ0) is 19.8. The molecule has 0 atom stereocenters. The van der Waals surface area contributed by atoms with Crippen molar-refractivity contribution in [2.24, 2.45) is 0 Å². The van der Waals surface area contributed by atoms with Crippen molar-refractivity contribution in [1.82, 2.24) is 9.97 Å². The Labute approximate surface area is 167 Å². The first-order valence-corrected chi connectivity index (χ1v) is 9.37. The number of methoxy groups -OCH3 is 1. The largest absolute Gasteiger partial charge is 0.497 e. The lowest BCUT2D eigenvalue weighted by Gasteiger charge is -2.07. The van der Waals surface area contributed by atoms with Gasteiger partial charge in [0.2, 0.25) is 5.91 Å². The van der Waals surface area contributed by atoms with Gasteiger partial charge in [-0.05, 0) is 42.0 Å². The normalized spacial score (nSPS) is 10.1. The highest BCUT2D eigenvalue weighted by molar-refractivity contribution is 7.99. The van der Waals surface area contributed by atoms with Crippen LogP contribution in [0.15, 0.2) is 70.7 Å². The van der Waals surface area contributed by atoms with Gasteiger partial charge < -0.3 is 10.1 Å². The third-order valence-electron chi connectivity index (χ3n) is 3.76. The van der Waals surface area contributed by atoms with E-state index in [-0.39, 0.29) is 12.3 Å². The molecule has 0 radical (unpaired) electrons. The molecule has 6 nitrogen and oxygen atoms in total. The van der Waals surface area contributed by atoms with Crippen molar-refractivity contribution in [3.8, 4) is 11.8 Å². The topological polar surface area (TPSA) is 87.9 Å². The highest BCUT2D eigenvalue weighted by atomic mass is 32.2. The number of aromatic nitrogens is 2. The number of nitrogens with one attached hydrogen (secondary N) is 1. The number of anilines is 1. The van der Waals surface area contributed by atoms with Gasteiger partial charge in [-0.25, -0.2) is 9.97 Å². The van der Waals surface area contributed by atoms with E-state index < -0.39 is 0 Å². The molecule has 3 rings (SSSR count). The summed E-state index contributed by atoms with van der Waals surface area (Å²) in [7, 11) is 1.64. The van der Waals surface area contributed by atoms with E-state index in [1.165, 1.54) is 0 Å². The molecule has 0 aliphatic carbocycles. The highest BCUT2D eigenvalue weighted by Crippen LogP contribution is 2.28. The molecule has 2 aromatic carbocycles. The minimum atomic E-state index is -0.326. The quantitative estimate of drug-likeness (QED) is 0.612. The number of ether oxygens (including phenoxy) is 1. The second kappa shape index (κ2) is 9.53. The van der Waals surface area contributed by atoms with Gasteiger partial charge in [0, 0.05) is 23.2 Å². The van der Waals surface area contributed by atoms with Crippen LogP contribution in [0.5, 0.6) is 5.75 Å². The lowest BCUT2D eigenvalue weighted by Crippen LogP contribution is -2.10. The van der Waals surface area contributed by atoms with Crippen LogP contribution in [0.2, 0.25) is 0 Å². The molecule has 0 saturated heterocycles. The molecule has 1 aromatic heterocycles. The van der Waals surface area contributed by atoms with Gasteiger partial charge in [-0.3, -0.25) is 4.79 Å². The number of hydrogen-bond acceptors (Lipinski definition) is 6. The molecule has 7 heteroatoms. The van der Waals surface area contributed by atoms with E-state index >= 15 is 0 Å². The number of amides is 1. The monoisotopic (exact) mass is 390 g/mol. The number of benzene rings is 2. The van der Waals surface area contributed by atoms with Crippen molar-refractivity contribution in [3.63, 3.8) is 0 Å². The number of nitriles is 1. The maximum atomic E-state index is 11.6. The minimum Gasteiger partial charge on any atom is -0.497 e. The number of carbonyl (C=O) groups excluding carboxylic acids is 1. The maximum Gasteiger partial charge on any atom is 0.238 e. The number of nitrogens with zero attached hydrogens (tertiary/aromatic N) is 3. The van der Waals surface area contributed by atoms with Crippen LogP contribution in [0.1, 0.15) is 17.8 Å². The van der Waals surface area contributed by atoms with Crippen LogP contribution in [-0.4, -0.2) is 23.0 Å². The van der Waals surface area contributed by atoms with Gasteiger partial charge in [0.15, 0.2) is 0 Å². The SMILES string of the molecule is COc1cccc(Sc2ccnc(Cc3cccc(NC(=O)CC#N)c3)n2)c1. The molecule has 1 heterocycles. The summed E-state index contributed by atoms with van der Waals surface area (Å²) in [6.45, 7) is 0. The van der Waals surface area contributed by atoms with E-state index in [2.05, 4.69) is 15.3 Å². The number of carbonyl (C=O) groups is 1. The minimum absolute atomic E-state index is 0.170. The van der Waals surface area contributed by atoms with Crippen molar-refractivity contribution in [2.75, 3.05) is 12.4 Å². The molecule has 0 bridgehead atoms. The summed E-state index contributed by atoms with van der Waals surface area (Å²) in [4.78, 5) is 21.6. The lowest BCUT2D eigenvalue weighted by atomic mass is 10.1. The van der Waals surface area contributed by atoms with Crippen LogP contribution >= 0.6 is 11.8 Å². The first-order chi connectivity index (χ1) is 13.7.